The number of fused-ring (bicyclic) bond motifs is 1. The molecule has 0 spiro atoms. The average Bonchev–Trinajstić information content (AvgIpc) is 3.01. The van der Waals surface area contributed by atoms with E-state index in [0.29, 0.717) is 18.5 Å². The van der Waals surface area contributed by atoms with Crippen molar-refractivity contribution in [2.45, 2.75) is 26.7 Å². The number of hydrogen-bond acceptors (Lipinski definition) is 6. The maximum Gasteiger partial charge on any atom is 0.316 e. The van der Waals surface area contributed by atoms with Crippen molar-refractivity contribution in [1.82, 2.24) is 24.6 Å². The Kier molecular flexibility index (Phi) is 4.21. The molecule has 0 radical (unpaired) electrons. The number of ether oxygens (including phenoxy) is 1. The van der Waals surface area contributed by atoms with E-state index in [2.05, 4.69) is 31.0 Å². The quantitative estimate of drug-likeness (QED) is 0.728. The molecule has 130 valence electrons. The Balaban J connectivity index is 1.46. The van der Waals surface area contributed by atoms with Gasteiger partial charge in [0.15, 0.2) is 5.82 Å². The summed E-state index contributed by atoms with van der Waals surface area (Å²) < 4.78 is 7.69. The van der Waals surface area contributed by atoms with Crippen LogP contribution in [-0.2, 0) is 0 Å². The number of nitrogens with zero attached hydrogens (tertiary/aromatic N) is 6. The molecule has 4 heterocycles. The molecular weight excluding hydrogens is 316 g/mol. The SMILES string of the molecule is Cc1cnc(OCC2CCCN(c3nccn4nc(C)cc34)C2)nc1. The lowest BCUT2D eigenvalue weighted by atomic mass is 9.99. The van der Waals surface area contributed by atoms with Crippen molar-refractivity contribution in [3.05, 3.63) is 42.1 Å². The van der Waals surface area contributed by atoms with Crippen LogP contribution in [0.1, 0.15) is 24.1 Å². The Bertz CT molecular complexity index is 860. The summed E-state index contributed by atoms with van der Waals surface area (Å²) in [5.74, 6) is 1.43. The smallest absolute Gasteiger partial charge is 0.316 e. The van der Waals surface area contributed by atoms with Crippen LogP contribution in [0.4, 0.5) is 5.82 Å². The van der Waals surface area contributed by atoms with Gasteiger partial charge in [0.05, 0.1) is 12.3 Å². The summed E-state index contributed by atoms with van der Waals surface area (Å²) in [4.78, 5) is 15.4. The van der Waals surface area contributed by atoms with Crippen LogP contribution in [0.2, 0.25) is 0 Å². The van der Waals surface area contributed by atoms with Gasteiger partial charge in [-0.3, -0.25) is 0 Å². The van der Waals surface area contributed by atoms with Crippen LogP contribution in [0.5, 0.6) is 6.01 Å². The normalized spacial score (nSPS) is 17.8. The number of aromatic nitrogens is 5. The number of anilines is 1. The first-order valence-corrected chi connectivity index (χ1v) is 8.66. The standard InChI is InChI=1S/C18H22N6O/c1-13-9-20-18(21-10-13)25-12-15-4-3-6-23(11-15)17-16-8-14(2)22-24(16)7-5-19-17/h5,7-10,15H,3-4,6,11-12H2,1-2H3. The molecule has 4 rings (SSSR count). The van der Waals surface area contributed by atoms with Gasteiger partial charge in [-0.2, -0.15) is 5.10 Å². The molecule has 1 aliphatic rings. The van der Waals surface area contributed by atoms with Crippen molar-refractivity contribution in [3.63, 3.8) is 0 Å². The highest BCUT2D eigenvalue weighted by atomic mass is 16.5. The molecule has 3 aromatic rings. The maximum absolute atomic E-state index is 5.79. The summed E-state index contributed by atoms with van der Waals surface area (Å²) in [5, 5.41) is 4.48. The van der Waals surface area contributed by atoms with Crippen molar-refractivity contribution < 1.29 is 4.74 Å². The van der Waals surface area contributed by atoms with E-state index < -0.39 is 0 Å². The predicted octanol–water partition coefficient (Wildman–Crippen LogP) is 2.43. The fourth-order valence-electron chi connectivity index (χ4n) is 3.32. The lowest BCUT2D eigenvalue weighted by molar-refractivity contribution is 0.214. The Labute approximate surface area is 146 Å². The van der Waals surface area contributed by atoms with Gasteiger partial charge >= 0.3 is 6.01 Å². The molecule has 0 saturated carbocycles. The van der Waals surface area contributed by atoms with Gasteiger partial charge in [0.25, 0.3) is 0 Å². The molecule has 7 heteroatoms. The third-order valence-corrected chi connectivity index (χ3v) is 4.52. The molecule has 0 aromatic carbocycles. The summed E-state index contributed by atoms with van der Waals surface area (Å²) in [5.41, 5.74) is 3.09. The molecule has 1 aliphatic heterocycles. The molecule has 25 heavy (non-hydrogen) atoms. The summed E-state index contributed by atoms with van der Waals surface area (Å²) in [7, 11) is 0. The molecule has 0 N–H and O–H groups in total. The van der Waals surface area contributed by atoms with Gasteiger partial charge in [-0.25, -0.2) is 19.5 Å². The van der Waals surface area contributed by atoms with Crippen LogP contribution >= 0.6 is 0 Å². The first-order chi connectivity index (χ1) is 12.2. The number of piperidine rings is 1. The van der Waals surface area contributed by atoms with E-state index >= 15 is 0 Å². The van der Waals surface area contributed by atoms with E-state index in [-0.39, 0.29) is 0 Å². The summed E-state index contributed by atoms with van der Waals surface area (Å²) in [6.07, 6.45) is 9.53. The zero-order valence-corrected chi connectivity index (χ0v) is 14.6. The van der Waals surface area contributed by atoms with E-state index in [9.17, 15) is 0 Å². The van der Waals surface area contributed by atoms with E-state index in [1.165, 1.54) is 0 Å². The van der Waals surface area contributed by atoms with Crippen molar-refractivity contribution in [3.8, 4) is 6.01 Å². The third-order valence-electron chi connectivity index (χ3n) is 4.52. The van der Waals surface area contributed by atoms with Gasteiger partial charge in [-0.1, -0.05) is 0 Å². The summed E-state index contributed by atoms with van der Waals surface area (Å²) >= 11 is 0. The van der Waals surface area contributed by atoms with Gasteiger partial charge in [0.2, 0.25) is 0 Å². The zero-order chi connectivity index (χ0) is 17.2. The van der Waals surface area contributed by atoms with Gasteiger partial charge in [-0.15, -0.1) is 0 Å². The second-order valence-electron chi connectivity index (χ2n) is 6.67. The highest BCUT2D eigenvalue weighted by molar-refractivity contribution is 5.69. The van der Waals surface area contributed by atoms with E-state index in [1.54, 1.807) is 12.4 Å². The largest absolute Gasteiger partial charge is 0.463 e. The maximum atomic E-state index is 5.79. The highest BCUT2D eigenvalue weighted by Crippen LogP contribution is 2.25. The Morgan fingerprint density at radius 1 is 1.20 bits per heavy atom. The minimum absolute atomic E-state index is 0.435. The molecule has 7 nitrogen and oxygen atoms in total. The van der Waals surface area contributed by atoms with Crippen LogP contribution < -0.4 is 9.64 Å². The molecule has 1 unspecified atom stereocenters. The number of aryl methyl sites for hydroxylation is 2. The lowest BCUT2D eigenvalue weighted by Crippen LogP contribution is -2.38. The second kappa shape index (κ2) is 6.66. The van der Waals surface area contributed by atoms with Crippen molar-refractivity contribution in [2.24, 2.45) is 5.92 Å². The zero-order valence-electron chi connectivity index (χ0n) is 14.6. The van der Waals surface area contributed by atoms with Crippen LogP contribution in [0.3, 0.4) is 0 Å². The average molecular weight is 338 g/mol. The van der Waals surface area contributed by atoms with Gasteiger partial charge in [0, 0.05) is 43.8 Å². The van der Waals surface area contributed by atoms with Crippen LogP contribution in [0, 0.1) is 19.8 Å². The molecule has 1 fully saturated rings. The first kappa shape index (κ1) is 15.8. The van der Waals surface area contributed by atoms with E-state index in [1.807, 2.05) is 30.8 Å². The number of hydrogen-bond donors (Lipinski definition) is 0. The van der Waals surface area contributed by atoms with Crippen molar-refractivity contribution >= 4 is 11.3 Å². The van der Waals surface area contributed by atoms with E-state index in [0.717, 1.165) is 48.5 Å². The Morgan fingerprint density at radius 2 is 2.04 bits per heavy atom. The topological polar surface area (TPSA) is 68.4 Å². The van der Waals surface area contributed by atoms with Crippen LogP contribution in [-0.4, -0.2) is 44.3 Å². The highest BCUT2D eigenvalue weighted by Gasteiger charge is 2.23. The minimum atomic E-state index is 0.435. The van der Waals surface area contributed by atoms with Crippen LogP contribution in [0.25, 0.3) is 5.52 Å². The molecule has 0 aliphatic carbocycles. The molecule has 1 atom stereocenters. The molecule has 1 saturated heterocycles. The van der Waals surface area contributed by atoms with Crippen molar-refractivity contribution in [2.75, 3.05) is 24.6 Å². The third kappa shape index (κ3) is 3.40. The molecular formula is C18H22N6O. The van der Waals surface area contributed by atoms with E-state index in [4.69, 9.17) is 4.74 Å². The van der Waals surface area contributed by atoms with Gasteiger partial charge in [-0.05, 0) is 38.3 Å². The first-order valence-electron chi connectivity index (χ1n) is 8.66. The predicted molar refractivity (Wildman–Crippen MR) is 94.9 cm³/mol. The van der Waals surface area contributed by atoms with Crippen LogP contribution in [0.15, 0.2) is 30.9 Å². The second-order valence-corrected chi connectivity index (χ2v) is 6.67. The number of rotatable bonds is 4. The fraction of sp³-hybridized carbons (Fsp3) is 0.444. The monoisotopic (exact) mass is 338 g/mol. The summed E-state index contributed by atoms with van der Waals surface area (Å²) in [6, 6.07) is 2.54. The van der Waals surface area contributed by atoms with Crippen molar-refractivity contribution in [1.29, 1.82) is 0 Å². The molecule has 0 amide bonds. The Morgan fingerprint density at radius 3 is 2.88 bits per heavy atom. The Hall–Kier alpha value is -2.70. The van der Waals surface area contributed by atoms with Gasteiger partial charge < -0.3 is 9.64 Å². The lowest BCUT2D eigenvalue weighted by Gasteiger charge is -2.33. The minimum Gasteiger partial charge on any atom is -0.463 e. The molecule has 3 aromatic heterocycles. The fourth-order valence-corrected chi connectivity index (χ4v) is 3.32. The van der Waals surface area contributed by atoms with Gasteiger partial charge in [0.1, 0.15) is 5.52 Å². The summed E-state index contributed by atoms with van der Waals surface area (Å²) in [6.45, 7) is 6.53. The molecule has 0 bridgehead atoms.